The van der Waals surface area contributed by atoms with Crippen LogP contribution >= 0.6 is 0 Å². The van der Waals surface area contributed by atoms with Crippen molar-refractivity contribution >= 4 is 16.7 Å². The first-order chi connectivity index (χ1) is 13.2. The smallest absolute Gasteiger partial charge is 0.248 e. The number of hydrogen-bond donors (Lipinski definition) is 2. The molecule has 2 aromatic heterocycles. The van der Waals surface area contributed by atoms with E-state index in [1.807, 2.05) is 0 Å². The second-order valence-corrected chi connectivity index (χ2v) is 8.27. The van der Waals surface area contributed by atoms with Crippen LogP contribution in [-0.4, -0.2) is 21.8 Å². The lowest BCUT2D eigenvalue weighted by Gasteiger charge is -2.42. The van der Waals surface area contributed by atoms with Crippen LogP contribution in [0.1, 0.15) is 56.6 Å². The summed E-state index contributed by atoms with van der Waals surface area (Å²) >= 11 is 0. The molecule has 2 heterocycles. The van der Waals surface area contributed by atoms with E-state index >= 15 is 0 Å². The predicted octanol–water partition coefficient (Wildman–Crippen LogP) is 4.85. The number of pyridine rings is 2. The van der Waals surface area contributed by atoms with Gasteiger partial charge in [0.15, 0.2) is 5.43 Å². The van der Waals surface area contributed by atoms with E-state index in [2.05, 4.69) is 9.97 Å². The highest BCUT2D eigenvalue weighted by Gasteiger charge is 2.47. The van der Waals surface area contributed by atoms with Gasteiger partial charge in [0.25, 0.3) is 0 Å². The maximum Gasteiger partial charge on any atom is 0.248 e. The van der Waals surface area contributed by atoms with E-state index in [9.17, 15) is 22.4 Å². The maximum absolute atomic E-state index is 14.2. The van der Waals surface area contributed by atoms with E-state index in [-0.39, 0.29) is 60.6 Å². The van der Waals surface area contributed by atoms with Crippen LogP contribution in [0.5, 0.6) is 0 Å². The van der Waals surface area contributed by atoms with E-state index in [1.165, 1.54) is 12.3 Å². The summed E-state index contributed by atoms with van der Waals surface area (Å²) in [6.07, 6.45) is 1.35. The second-order valence-electron chi connectivity index (χ2n) is 8.27. The molecule has 2 atom stereocenters. The quantitative estimate of drug-likeness (QED) is 0.712. The van der Waals surface area contributed by atoms with E-state index in [4.69, 9.17) is 5.73 Å². The Morgan fingerprint density at radius 1 is 1.07 bits per heavy atom. The van der Waals surface area contributed by atoms with Gasteiger partial charge in [-0.15, -0.1) is 0 Å². The Balaban J connectivity index is 1.71. The number of hydrogen-bond acceptors (Lipinski definition) is 3. The summed E-state index contributed by atoms with van der Waals surface area (Å²) in [5.74, 6) is -6.17. The van der Waals surface area contributed by atoms with Crippen LogP contribution in [0.3, 0.4) is 0 Å². The van der Waals surface area contributed by atoms with Crippen LogP contribution in [0.25, 0.3) is 10.9 Å². The topological polar surface area (TPSA) is 71.8 Å². The SMILES string of the molecule is Nc1nccc2[nH]c(C3CC(F)(F)CCC3C3CCC(F)(F)CC3)cc(=O)c12. The fourth-order valence-electron chi connectivity index (χ4n) is 5.00. The molecule has 0 aromatic carbocycles. The number of anilines is 1. The van der Waals surface area contributed by atoms with Gasteiger partial charge in [0.05, 0.1) is 10.9 Å². The highest BCUT2D eigenvalue weighted by Crippen LogP contribution is 2.51. The molecule has 2 fully saturated rings. The number of halogens is 4. The normalized spacial score (nSPS) is 27.7. The first-order valence-corrected chi connectivity index (χ1v) is 9.68. The minimum absolute atomic E-state index is 0.0394. The number of fused-ring (bicyclic) bond motifs is 1. The van der Waals surface area contributed by atoms with Gasteiger partial charge in [-0.25, -0.2) is 22.5 Å². The van der Waals surface area contributed by atoms with E-state index < -0.39 is 17.8 Å². The van der Waals surface area contributed by atoms with E-state index in [0.717, 1.165) is 0 Å². The first kappa shape index (κ1) is 19.2. The second kappa shape index (κ2) is 6.74. The zero-order chi connectivity index (χ0) is 20.1. The third-order valence-corrected chi connectivity index (χ3v) is 6.44. The molecule has 2 aliphatic rings. The van der Waals surface area contributed by atoms with Crippen LogP contribution in [-0.2, 0) is 0 Å². The molecule has 8 heteroatoms. The Bertz CT molecular complexity index is 933. The molecule has 2 unspecified atom stereocenters. The molecule has 2 aliphatic carbocycles. The van der Waals surface area contributed by atoms with Crippen molar-refractivity contribution < 1.29 is 17.6 Å². The highest BCUT2D eigenvalue weighted by molar-refractivity contribution is 5.87. The minimum Gasteiger partial charge on any atom is -0.383 e. The van der Waals surface area contributed by atoms with Crippen molar-refractivity contribution in [1.82, 2.24) is 9.97 Å². The number of H-pyrrole nitrogens is 1. The molecule has 0 saturated heterocycles. The Kier molecular flexibility index (Phi) is 4.62. The van der Waals surface area contributed by atoms with E-state index in [0.29, 0.717) is 24.1 Å². The molecule has 0 radical (unpaired) electrons. The summed E-state index contributed by atoms with van der Waals surface area (Å²) in [5.41, 5.74) is 6.30. The standard InChI is InChI=1S/C20H23F4N3O/c21-19(22)5-1-11(2-6-19)12-3-7-20(23,24)10-13(12)15-9-16(28)17-14(27-15)4-8-26-18(17)25/h4,8-9,11-13H,1-3,5-7,10H2,(H2,25,26)(H,27,28). The van der Waals surface area contributed by atoms with Gasteiger partial charge in [-0.05, 0) is 37.2 Å². The lowest BCUT2D eigenvalue weighted by atomic mass is 9.65. The van der Waals surface area contributed by atoms with Gasteiger partial charge in [-0.3, -0.25) is 4.79 Å². The molecule has 0 aliphatic heterocycles. The fraction of sp³-hybridized carbons (Fsp3) is 0.600. The summed E-state index contributed by atoms with van der Waals surface area (Å²) in [7, 11) is 0. The zero-order valence-electron chi connectivity index (χ0n) is 15.4. The largest absolute Gasteiger partial charge is 0.383 e. The molecule has 152 valence electrons. The number of alkyl halides is 4. The van der Waals surface area contributed by atoms with Gasteiger partial charge in [-0.1, -0.05) is 0 Å². The highest BCUT2D eigenvalue weighted by atomic mass is 19.3. The molecule has 0 bridgehead atoms. The number of rotatable bonds is 2. The van der Waals surface area contributed by atoms with Gasteiger partial charge in [-0.2, -0.15) is 0 Å². The average molecular weight is 397 g/mol. The van der Waals surface area contributed by atoms with Gasteiger partial charge in [0.1, 0.15) is 5.82 Å². The predicted molar refractivity (Wildman–Crippen MR) is 98.7 cm³/mol. The summed E-state index contributed by atoms with van der Waals surface area (Å²) in [5, 5.41) is 0.239. The monoisotopic (exact) mass is 397 g/mol. The number of aromatic nitrogens is 2. The third kappa shape index (κ3) is 3.61. The van der Waals surface area contributed by atoms with Gasteiger partial charge < -0.3 is 10.7 Å². The van der Waals surface area contributed by atoms with Crippen molar-refractivity contribution in [2.45, 2.75) is 62.7 Å². The van der Waals surface area contributed by atoms with Gasteiger partial charge in [0, 0.05) is 49.6 Å². The summed E-state index contributed by atoms with van der Waals surface area (Å²) in [6, 6.07) is 2.92. The summed E-state index contributed by atoms with van der Waals surface area (Å²) < 4.78 is 55.6. The molecule has 0 spiro atoms. The molecular formula is C20H23F4N3O. The molecule has 4 rings (SSSR count). The van der Waals surface area contributed by atoms with E-state index in [1.54, 1.807) is 6.07 Å². The third-order valence-electron chi connectivity index (χ3n) is 6.44. The van der Waals surface area contributed by atoms with Crippen molar-refractivity contribution in [3.05, 3.63) is 34.2 Å². The Labute approximate surface area is 159 Å². The Morgan fingerprint density at radius 2 is 1.75 bits per heavy atom. The molecule has 28 heavy (non-hydrogen) atoms. The van der Waals surface area contributed by atoms with Crippen molar-refractivity contribution in [3.63, 3.8) is 0 Å². The summed E-state index contributed by atoms with van der Waals surface area (Å²) in [6.45, 7) is 0. The van der Waals surface area contributed by atoms with Crippen molar-refractivity contribution in [2.24, 2.45) is 11.8 Å². The van der Waals surface area contributed by atoms with Crippen molar-refractivity contribution in [1.29, 1.82) is 0 Å². The fourth-order valence-corrected chi connectivity index (χ4v) is 5.00. The van der Waals surface area contributed by atoms with Crippen molar-refractivity contribution in [3.8, 4) is 0 Å². The molecule has 3 N–H and O–H groups in total. The average Bonchev–Trinajstić information content (AvgIpc) is 2.61. The lowest BCUT2D eigenvalue weighted by molar-refractivity contribution is -0.0840. The number of nitrogens with one attached hydrogen (secondary N) is 1. The molecule has 0 amide bonds. The van der Waals surface area contributed by atoms with Crippen LogP contribution in [0.2, 0.25) is 0 Å². The number of nitrogens with two attached hydrogens (primary N) is 1. The summed E-state index contributed by atoms with van der Waals surface area (Å²) in [4.78, 5) is 19.6. The van der Waals surface area contributed by atoms with Crippen molar-refractivity contribution in [2.75, 3.05) is 5.73 Å². The molecule has 4 nitrogen and oxygen atoms in total. The molecule has 2 aromatic rings. The van der Waals surface area contributed by atoms with Crippen LogP contribution in [0, 0.1) is 11.8 Å². The van der Waals surface area contributed by atoms with Crippen LogP contribution < -0.4 is 11.2 Å². The Hall–Kier alpha value is -2.12. The van der Waals surface area contributed by atoms with Crippen LogP contribution in [0.4, 0.5) is 23.4 Å². The molecule has 2 saturated carbocycles. The first-order valence-electron chi connectivity index (χ1n) is 9.68. The molecular weight excluding hydrogens is 374 g/mol. The zero-order valence-corrected chi connectivity index (χ0v) is 15.4. The van der Waals surface area contributed by atoms with Gasteiger partial charge >= 0.3 is 0 Å². The lowest BCUT2D eigenvalue weighted by Crippen LogP contribution is -2.38. The minimum atomic E-state index is -2.83. The number of nitrogen functional groups attached to an aromatic ring is 1. The Morgan fingerprint density at radius 3 is 2.46 bits per heavy atom. The number of aromatic amines is 1. The van der Waals surface area contributed by atoms with Gasteiger partial charge in [0.2, 0.25) is 11.8 Å². The van der Waals surface area contributed by atoms with Crippen LogP contribution in [0.15, 0.2) is 23.1 Å². The maximum atomic E-state index is 14.2. The number of nitrogens with zero attached hydrogens (tertiary/aromatic N) is 1.